The molecule has 0 bridgehead atoms. The van der Waals surface area contributed by atoms with Crippen LogP contribution in [0.1, 0.15) is 38.4 Å². The minimum absolute atomic E-state index is 0.176. The number of benzene rings is 2. The van der Waals surface area contributed by atoms with Gasteiger partial charge in [0.1, 0.15) is 0 Å². The second-order valence-corrected chi connectivity index (χ2v) is 15.9. The first kappa shape index (κ1) is 18.0. The molecule has 0 radical (unpaired) electrons. The molecule has 0 nitrogen and oxygen atoms in total. The van der Waals surface area contributed by atoms with Gasteiger partial charge in [-0.2, -0.15) is 0 Å². The Bertz CT molecular complexity index is 766. The van der Waals surface area contributed by atoms with Crippen molar-refractivity contribution in [3.05, 3.63) is 75.9 Å². The summed E-state index contributed by atoms with van der Waals surface area (Å²) < 4.78 is -0.928. The Morgan fingerprint density at radius 1 is 0.957 bits per heavy atom. The van der Waals surface area contributed by atoms with Gasteiger partial charge in [0.05, 0.1) is 0 Å². The molecule has 5 heteroatoms. The normalized spacial score (nSPS) is 17.0. The van der Waals surface area contributed by atoms with Crippen molar-refractivity contribution in [2.24, 2.45) is 0 Å². The molecule has 0 fully saturated rings. The van der Waals surface area contributed by atoms with Crippen LogP contribution in [0, 0.1) is 6.92 Å². The molecule has 0 spiro atoms. The van der Waals surface area contributed by atoms with E-state index < -0.39 is 23.7 Å². The molecule has 119 valence electrons. The zero-order valence-corrected chi connectivity index (χ0v) is 18.2. The molecule has 0 aromatic heterocycles. The summed E-state index contributed by atoms with van der Waals surface area (Å²) in [5, 5.41) is 0. The maximum atomic E-state index is 6.78. The summed E-state index contributed by atoms with van der Waals surface area (Å²) in [7, 11) is 12.8. The Labute approximate surface area is 162 Å². The van der Waals surface area contributed by atoms with Crippen LogP contribution in [0.2, 0.25) is 0 Å². The molecule has 0 amide bonds. The van der Waals surface area contributed by atoms with E-state index >= 15 is 0 Å². The van der Waals surface area contributed by atoms with Crippen LogP contribution in [0.15, 0.2) is 48.0 Å². The van der Waals surface area contributed by atoms with Crippen LogP contribution in [-0.2, 0) is 23.7 Å². The quantitative estimate of drug-likeness (QED) is 0.427. The molecule has 1 aliphatic rings. The SMILES string of the molecule is CC1=Cc2c(C(Cl)(Cl)c3ccccc3)ccc(C)c2[CH]1[Zr]([Cl])[Cl]. The van der Waals surface area contributed by atoms with Gasteiger partial charge in [-0.3, -0.25) is 0 Å². The number of halogens is 4. The van der Waals surface area contributed by atoms with Gasteiger partial charge in [-0.1, -0.05) is 0 Å². The van der Waals surface area contributed by atoms with Gasteiger partial charge >= 0.3 is 163 Å². The Balaban J connectivity index is 2.21. The topological polar surface area (TPSA) is 0 Å². The van der Waals surface area contributed by atoms with Gasteiger partial charge in [-0.25, -0.2) is 0 Å². The number of aryl methyl sites for hydroxylation is 1. The van der Waals surface area contributed by atoms with Gasteiger partial charge < -0.3 is 0 Å². The van der Waals surface area contributed by atoms with Crippen LogP contribution >= 0.6 is 40.2 Å². The van der Waals surface area contributed by atoms with Gasteiger partial charge in [0, 0.05) is 0 Å². The molecule has 1 atom stereocenters. The number of rotatable bonds is 3. The van der Waals surface area contributed by atoms with Crippen molar-refractivity contribution in [1.82, 2.24) is 0 Å². The molecular formula is C18H15Cl4Zr. The van der Waals surface area contributed by atoms with Gasteiger partial charge in [0.15, 0.2) is 0 Å². The number of hydrogen-bond acceptors (Lipinski definition) is 0. The van der Waals surface area contributed by atoms with Gasteiger partial charge in [-0.05, 0) is 0 Å². The van der Waals surface area contributed by atoms with Crippen molar-refractivity contribution in [3.63, 3.8) is 0 Å². The van der Waals surface area contributed by atoms with E-state index in [1.54, 1.807) is 0 Å². The van der Waals surface area contributed by atoms with Gasteiger partial charge in [-0.15, -0.1) is 0 Å². The molecule has 2 aromatic carbocycles. The van der Waals surface area contributed by atoms with Crippen molar-refractivity contribution in [1.29, 1.82) is 0 Å². The van der Waals surface area contributed by atoms with E-state index in [9.17, 15) is 0 Å². The Hall–Kier alpha value is 0.223. The number of alkyl halides is 2. The van der Waals surface area contributed by atoms with Crippen LogP contribution in [0.25, 0.3) is 6.08 Å². The van der Waals surface area contributed by atoms with Crippen molar-refractivity contribution >= 4 is 46.3 Å². The summed E-state index contributed by atoms with van der Waals surface area (Å²) in [6.45, 7) is 4.18. The third-order valence-corrected chi connectivity index (χ3v) is 10.6. The standard InChI is InChI=1S/C18H15Cl2.2ClH.Zr/c1-12-10-15-13(2)8-9-17(16(15)11-12)18(19,20)14-6-4-3-5-7-14;;;/h3-11H,1-2H3;2*1H;/q;;;+2/p-2. The fourth-order valence-electron chi connectivity index (χ4n) is 3.18. The fourth-order valence-corrected chi connectivity index (χ4v) is 9.62. The average molecular weight is 464 g/mol. The van der Waals surface area contributed by atoms with Crippen molar-refractivity contribution < 1.29 is 19.4 Å². The summed E-state index contributed by atoms with van der Waals surface area (Å²) in [4.78, 5) is 0. The zero-order chi connectivity index (χ0) is 16.8. The molecule has 0 heterocycles. The number of fused-ring (bicyclic) bond motifs is 1. The molecule has 0 saturated carbocycles. The third-order valence-electron chi connectivity index (χ3n) is 4.31. The number of hydrogen-bond donors (Lipinski definition) is 0. The predicted octanol–water partition coefficient (Wildman–Crippen LogP) is 7.06. The predicted molar refractivity (Wildman–Crippen MR) is 98.2 cm³/mol. The molecule has 0 saturated heterocycles. The monoisotopic (exact) mass is 461 g/mol. The first-order valence-corrected chi connectivity index (χ1v) is 15.8. The van der Waals surface area contributed by atoms with Crippen LogP contribution in [0.5, 0.6) is 0 Å². The fraction of sp³-hybridized carbons (Fsp3) is 0.222. The van der Waals surface area contributed by atoms with Crippen molar-refractivity contribution in [2.75, 3.05) is 0 Å². The number of allylic oxidation sites excluding steroid dienone is 1. The molecule has 0 aliphatic heterocycles. The molecule has 0 N–H and O–H groups in total. The van der Waals surface area contributed by atoms with Crippen LogP contribution in [-0.4, -0.2) is 0 Å². The molecule has 23 heavy (non-hydrogen) atoms. The van der Waals surface area contributed by atoms with Crippen molar-refractivity contribution in [3.8, 4) is 0 Å². The summed E-state index contributed by atoms with van der Waals surface area (Å²) in [5.74, 6) is 0. The minimum atomic E-state index is -2.49. The summed E-state index contributed by atoms with van der Waals surface area (Å²) >= 11 is 11.1. The van der Waals surface area contributed by atoms with E-state index in [1.165, 1.54) is 16.7 Å². The zero-order valence-electron chi connectivity index (χ0n) is 12.7. The van der Waals surface area contributed by atoms with Crippen molar-refractivity contribution in [2.45, 2.75) is 21.8 Å². The summed E-state index contributed by atoms with van der Waals surface area (Å²) in [6, 6.07) is 13.8. The van der Waals surface area contributed by atoms with Crippen LogP contribution < -0.4 is 0 Å². The first-order chi connectivity index (χ1) is 10.8. The third kappa shape index (κ3) is 3.21. The average Bonchev–Trinajstić information content (AvgIpc) is 2.86. The van der Waals surface area contributed by atoms with Crippen LogP contribution in [0.3, 0.4) is 0 Å². The maximum absolute atomic E-state index is 6.78. The van der Waals surface area contributed by atoms with E-state index in [2.05, 4.69) is 26.0 Å². The Morgan fingerprint density at radius 3 is 2.22 bits per heavy atom. The van der Waals surface area contributed by atoms with E-state index in [4.69, 9.17) is 40.2 Å². The van der Waals surface area contributed by atoms with E-state index in [0.29, 0.717) is 0 Å². The van der Waals surface area contributed by atoms with E-state index in [0.717, 1.165) is 16.7 Å². The van der Waals surface area contributed by atoms with Gasteiger partial charge in [0.25, 0.3) is 0 Å². The van der Waals surface area contributed by atoms with E-state index in [-0.39, 0.29) is 3.63 Å². The Kier molecular flexibility index (Phi) is 5.37. The van der Waals surface area contributed by atoms with Crippen LogP contribution in [0.4, 0.5) is 0 Å². The second-order valence-electron chi connectivity index (χ2n) is 5.81. The molecule has 1 unspecified atom stereocenters. The Morgan fingerprint density at radius 2 is 1.61 bits per heavy atom. The second kappa shape index (κ2) is 6.85. The molecule has 2 aromatic rings. The molecule has 3 rings (SSSR count). The van der Waals surface area contributed by atoms with Gasteiger partial charge in [0.2, 0.25) is 0 Å². The first-order valence-electron chi connectivity index (χ1n) is 7.27. The molecular weight excluding hydrogens is 449 g/mol. The summed E-state index contributed by atoms with van der Waals surface area (Å²) in [5.41, 5.74) is 6.46. The van der Waals surface area contributed by atoms with E-state index in [1.807, 2.05) is 36.4 Å². The summed E-state index contributed by atoms with van der Waals surface area (Å²) in [6.07, 6.45) is 2.15. The molecule has 1 aliphatic carbocycles.